The molecule has 294 valence electrons. The first-order valence-electron chi connectivity index (χ1n) is 20.8. The lowest BCUT2D eigenvalue weighted by Gasteiger charge is -2.19. The maximum atomic E-state index is 11.0. The summed E-state index contributed by atoms with van der Waals surface area (Å²) in [7, 11) is 0. The van der Waals surface area contributed by atoms with Gasteiger partial charge in [-0.3, -0.25) is 4.57 Å². The minimum absolute atomic E-state index is 0.0290. The molecule has 0 aliphatic carbocycles. The summed E-state index contributed by atoms with van der Waals surface area (Å²) in [6.07, 6.45) is 0. The van der Waals surface area contributed by atoms with Crippen LogP contribution in [0.2, 0.25) is 0 Å². The average Bonchev–Trinajstić information content (AvgIpc) is 3.93. The molecule has 0 amide bonds. The van der Waals surface area contributed by atoms with Crippen LogP contribution in [0.1, 0.15) is 58.2 Å². The Kier molecular flexibility index (Phi) is 8.13. The molecule has 11 aromatic rings. The normalized spacial score (nSPS) is 12.4. The van der Waals surface area contributed by atoms with E-state index in [4.69, 9.17) is 15.0 Å². The third-order valence-corrected chi connectivity index (χ3v) is 13.3. The van der Waals surface area contributed by atoms with Crippen molar-refractivity contribution in [3.63, 3.8) is 0 Å². The lowest BCUT2D eigenvalue weighted by molar-refractivity contribution is 0.590. The van der Waals surface area contributed by atoms with E-state index in [0.717, 1.165) is 60.4 Å². The number of hydrogen-bond acceptors (Lipinski definition) is 5. The molecule has 0 atom stereocenters. The zero-order valence-electron chi connectivity index (χ0n) is 34.9. The topological polar surface area (TPSA) is 72.3 Å². The van der Waals surface area contributed by atoms with Crippen LogP contribution < -0.4 is 0 Å². The van der Waals surface area contributed by atoms with Gasteiger partial charge in [-0.15, -0.1) is 11.3 Å². The molecule has 0 bridgehead atoms. The van der Waals surface area contributed by atoms with Crippen molar-refractivity contribution in [2.24, 2.45) is 0 Å². The fourth-order valence-corrected chi connectivity index (χ4v) is 10.2. The van der Waals surface area contributed by atoms with Gasteiger partial charge in [-0.05, 0) is 76.6 Å². The molecule has 6 nitrogen and oxygen atoms in total. The van der Waals surface area contributed by atoms with Crippen molar-refractivity contribution in [1.29, 1.82) is 5.26 Å². The number of aromatic nitrogens is 5. The Labute approximate surface area is 358 Å². The fourth-order valence-electron chi connectivity index (χ4n) is 8.92. The Morgan fingerprint density at radius 3 is 1.75 bits per heavy atom. The van der Waals surface area contributed by atoms with E-state index in [1.165, 1.54) is 31.3 Å². The first-order chi connectivity index (χ1) is 29.5. The van der Waals surface area contributed by atoms with Crippen LogP contribution in [-0.4, -0.2) is 24.1 Å². The first-order valence-corrected chi connectivity index (χ1v) is 21.6. The summed E-state index contributed by atoms with van der Waals surface area (Å²) in [6.45, 7) is 13.5. The van der Waals surface area contributed by atoms with Crippen molar-refractivity contribution < 1.29 is 0 Å². The molecule has 0 fully saturated rings. The SMILES string of the molecule is CC(C)(C)c1ccc2c(c1)c1cc(C(C)(C)C)ccc1n2-c1nc(-c2ccccc2)nc(-c2ccc(-n3c4ccccc4c4ccc5c6ccccc6sc5c43)c(C#N)c2)n1. The molecular weight excluding hydrogens is 765 g/mol. The maximum absolute atomic E-state index is 11.0. The molecule has 0 aliphatic heterocycles. The second-order valence-electron chi connectivity index (χ2n) is 18.1. The van der Waals surface area contributed by atoms with Gasteiger partial charge in [-0.2, -0.15) is 15.2 Å². The molecule has 7 heteroatoms. The average molecular weight is 807 g/mol. The summed E-state index contributed by atoms with van der Waals surface area (Å²) in [5.41, 5.74) is 9.64. The molecular formula is C54H42N6S. The van der Waals surface area contributed by atoms with Gasteiger partial charge in [0.2, 0.25) is 5.95 Å². The molecule has 11 rings (SSSR count). The largest absolute Gasteiger partial charge is 0.306 e. The van der Waals surface area contributed by atoms with E-state index in [0.29, 0.717) is 23.2 Å². The molecule has 0 saturated heterocycles. The standard InChI is InChI=1S/C54H42N6S/c1-53(2,3)35-21-26-45-41(29-35)42-30-36(54(4,5)6)22-27-46(42)60(45)52-57-50(32-14-8-7-9-15-32)56-51(58-52)33-20-25-43(34(28-33)31-55)59-44-18-12-10-16-37(44)39-23-24-40-38-17-11-13-19-47(38)61-49(40)48(39)59/h7-30H,1-6H3. The first kappa shape index (κ1) is 36.9. The van der Waals surface area contributed by atoms with Gasteiger partial charge in [0, 0.05) is 48.1 Å². The van der Waals surface area contributed by atoms with E-state index in [2.05, 4.69) is 160 Å². The molecule has 61 heavy (non-hydrogen) atoms. The van der Waals surface area contributed by atoms with Crippen molar-refractivity contribution in [2.45, 2.75) is 52.4 Å². The third kappa shape index (κ3) is 5.85. The van der Waals surface area contributed by atoms with E-state index in [-0.39, 0.29) is 10.8 Å². The van der Waals surface area contributed by atoms with Crippen LogP contribution in [-0.2, 0) is 10.8 Å². The summed E-state index contributed by atoms with van der Waals surface area (Å²) >= 11 is 1.80. The van der Waals surface area contributed by atoms with Crippen LogP contribution in [0.3, 0.4) is 0 Å². The monoisotopic (exact) mass is 806 g/mol. The van der Waals surface area contributed by atoms with E-state index in [1.807, 2.05) is 42.5 Å². The molecule has 4 aromatic heterocycles. The van der Waals surface area contributed by atoms with Crippen molar-refractivity contribution in [2.75, 3.05) is 0 Å². The Hall–Kier alpha value is -7.14. The highest BCUT2D eigenvalue weighted by Crippen LogP contribution is 2.44. The molecule has 7 aromatic carbocycles. The number of fused-ring (bicyclic) bond motifs is 10. The van der Waals surface area contributed by atoms with Gasteiger partial charge in [0.05, 0.1) is 38.0 Å². The number of thiophene rings is 1. The molecule has 0 radical (unpaired) electrons. The lowest BCUT2D eigenvalue weighted by Crippen LogP contribution is -2.10. The van der Waals surface area contributed by atoms with Crippen LogP contribution in [0.25, 0.3) is 98.2 Å². The smallest absolute Gasteiger partial charge is 0.238 e. The molecule has 0 spiro atoms. The summed E-state index contributed by atoms with van der Waals surface area (Å²) in [6, 6.07) is 53.7. The minimum Gasteiger partial charge on any atom is -0.306 e. The Balaban J connectivity index is 1.15. The van der Waals surface area contributed by atoms with E-state index < -0.39 is 0 Å². The van der Waals surface area contributed by atoms with Gasteiger partial charge < -0.3 is 4.57 Å². The van der Waals surface area contributed by atoms with Gasteiger partial charge in [0.25, 0.3) is 0 Å². The van der Waals surface area contributed by atoms with Gasteiger partial charge in [-0.1, -0.05) is 133 Å². The second-order valence-corrected chi connectivity index (χ2v) is 19.1. The Morgan fingerprint density at radius 2 is 1.08 bits per heavy atom. The van der Waals surface area contributed by atoms with Crippen LogP contribution in [0.15, 0.2) is 146 Å². The summed E-state index contributed by atoms with van der Waals surface area (Å²) < 4.78 is 6.89. The predicted octanol–water partition coefficient (Wildman–Crippen LogP) is 14.2. The number of hydrogen-bond donors (Lipinski definition) is 0. The van der Waals surface area contributed by atoms with Crippen LogP contribution in [0.4, 0.5) is 0 Å². The van der Waals surface area contributed by atoms with Crippen LogP contribution in [0.5, 0.6) is 0 Å². The molecule has 0 aliphatic rings. The number of nitriles is 1. The maximum Gasteiger partial charge on any atom is 0.238 e. The fraction of sp³-hybridized carbons (Fsp3) is 0.148. The van der Waals surface area contributed by atoms with Crippen molar-refractivity contribution in [3.05, 3.63) is 162 Å². The van der Waals surface area contributed by atoms with Crippen molar-refractivity contribution in [1.82, 2.24) is 24.1 Å². The van der Waals surface area contributed by atoms with Crippen LogP contribution in [0, 0.1) is 11.3 Å². The van der Waals surface area contributed by atoms with Gasteiger partial charge in [0.15, 0.2) is 11.6 Å². The zero-order chi connectivity index (χ0) is 41.8. The molecule has 4 heterocycles. The van der Waals surface area contributed by atoms with Gasteiger partial charge in [-0.25, -0.2) is 4.98 Å². The summed E-state index contributed by atoms with van der Waals surface area (Å²) in [5.74, 6) is 1.58. The van der Waals surface area contributed by atoms with Crippen molar-refractivity contribution in [3.8, 4) is 40.5 Å². The quantitative estimate of drug-likeness (QED) is 0.178. The number of benzene rings is 7. The van der Waals surface area contributed by atoms with Gasteiger partial charge in [0.1, 0.15) is 6.07 Å². The highest BCUT2D eigenvalue weighted by atomic mass is 32.1. The summed E-state index contributed by atoms with van der Waals surface area (Å²) in [5, 5.41) is 18.1. The highest BCUT2D eigenvalue weighted by molar-refractivity contribution is 7.26. The van der Waals surface area contributed by atoms with Crippen LogP contribution >= 0.6 is 11.3 Å². The van der Waals surface area contributed by atoms with Gasteiger partial charge >= 0.3 is 0 Å². The van der Waals surface area contributed by atoms with E-state index in [9.17, 15) is 5.26 Å². The third-order valence-electron chi connectivity index (χ3n) is 12.1. The van der Waals surface area contributed by atoms with E-state index >= 15 is 0 Å². The number of nitrogens with zero attached hydrogens (tertiary/aromatic N) is 6. The zero-order valence-corrected chi connectivity index (χ0v) is 35.8. The number of para-hydroxylation sites is 1. The van der Waals surface area contributed by atoms with Crippen molar-refractivity contribution >= 4 is 75.1 Å². The number of rotatable bonds is 4. The molecule has 0 N–H and O–H groups in total. The Bertz CT molecular complexity index is 3550. The second kappa shape index (κ2) is 13.4. The predicted molar refractivity (Wildman–Crippen MR) is 254 cm³/mol. The Morgan fingerprint density at radius 1 is 0.492 bits per heavy atom. The lowest BCUT2D eigenvalue weighted by atomic mass is 9.85. The van der Waals surface area contributed by atoms with E-state index in [1.54, 1.807) is 11.3 Å². The highest BCUT2D eigenvalue weighted by Gasteiger charge is 2.24. The molecule has 0 unspecified atom stereocenters. The minimum atomic E-state index is -0.0290. The molecule has 0 saturated carbocycles. The summed E-state index contributed by atoms with van der Waals surface area (Å²) in [4.78, 5) is 15.6.